The van der Waals surface area contributed by atoms with Crippen molar-refractivity contribution in [3.8, 4) is 0 Å². The van der Waals surface area contributed by atoms with Gasteiger partial charge in [0.15, 0.2) is 5.96 Å². The van der Waals surface area contributed by atoms with Crippen LogP contribution in [0.5, 0.6) is 0 Å². The number of nitrogens with zero attached hydrogens (tertiary/aromatic N) is 2. The molecule has 0 spiro atoms. The first kappa shape index (κ1) is 21.0. The van der Waals surface area contributed by atoms with Crippen LogP contribution in [0.15, 0.2) is 29.3 Å². The molecule has 1 aromatic rings. The van der Waals surface area contributed by atoms with Crippen LogP contribution in [0.3, 0.4) is 0 Å². The number of rotatable bonds is 5. The van der Waals surface area contributed by atoms with Crippen LogP contribution in [0.25, 0.3) is 0 Å². The first-order valence-corrected chi connectivity index (χ1v) is 7.32. The molecule has 22 heavy (non-hydrogen) atoms. The van der Waals surface area contributed by atoms with Crippen molar-refractivity contribution in [1.29, 1.82) is 0 Å². The smallest absolute Gasteiger partial charge is 0.243 e. The fraction of sp³-hybridized carbons (Fsp3) is 0.467. The first-order valence-electron chi connectivity index (χ1n) is 6.94. The van der Waals surface area contributed by atoms with Crippen LogP contribution < -0.4 is 10.6 Å². The topological polar surface area (TPSA) is 56.7 Å². The lowest BCUT2D eigenvalue weighted by atomic mass is 10.1. The second-order valence-corrected chi connectivity index (χ2v) is 5.34. The molecular weight excluding hydrogens is 415 g/mol. The fourth-order valence-electron chi connectivity index (χ4n) is 1.65. The summed E-state index contributed by atoms with van der Waals surface area (Å²) in [5.41, 5.74) is 1.10. The summed E-state index contributed by atoms with van der Waals surface area (Å²) in [4.78, 5) is 17.4. The van der Waals surface area contributed by atoms with E-state index in [0.717, 1.165) is 12.1 Å². The van der Waals surface area contributed by atoms with Crippen LogP contribution in [0.2, 0.25) is 5.02 Å². The Hall–Kier alpha value is -1.02. The zero-order valence-corrected chi connectivity index (χ0v) is 16.5. The molecule has 0 radical (unpaired) electrons. The maximum Gasteiger partial charge on any atom is 0.243 e. The van der Waals surface area contributed by atoms with Crippen LogP contribution in [-0.4, -0.2) is 44.0 Å². The summed E-state index contributed by atoms with van der Waals surface area (Å²) in [6, 6.07) is 7.71. The van der Waals surface area contributed by atoms with Crippen LogP contribution >= 0.6 is 35.6 Å². The van der Waals surface area contributed by atoms with Gasteiger partial charge in [-0.2, -0.15) is 0 Å². The van der Waals surface area contributed by atoms with Gasteiger partial charge in [0, 0.05) is 25.7 Å². The van der Waals surface area contributed by atoms with Crippen molar-refractivity contribution in [1.82, 2.24) is 15.5 Å². The summed E-state index contributed by atoms with van der Waals surface area (Å²) in [5, 5.41) is 7.12. The Kier molecular flexibility index (Phi) is 10.2. The molecule has 5 nitrogen and oxygen atoms in total. The van der Waals surface area contributed by atoms with Gasteiger partial charge in [0.25, 0.3) is 0 Å². The molecular formula is C15H24ClIN4O. The number of benzene rings is 1. The molecule has 1 amide bonds. The Labute approximate surface area is 154 Å². The van der Waals surface area contributed by atoms with E-state index in [-0.39, 0.29) is 42.5 Å². The highest BCUT2D eigenvalue weighted by Crippen LogP contribution is 2.15. The zero-order valence-electron chi connectivity index (χ0n) is 13.4. The maximum absolute atomic E-state index is 11.6. The number of hydrogen-bond acceptors (Lipinski definition) is 2. The quantitative estimate of drug-likeness (QED) is 0.422. The molecule has 124 valence electrons. The third-order valence-electron chi connectivity index (χ3n) is 2.94. The van der Waals surface area contributed by atoms with Crippen molar-refractivity contribution in [3.05, 3.63) is 34.9 Å². The van der Waals surface area contributed by atoms with Gasteiger partial charge in [-0.1, -0.05) is 23.7 Å². The first-order chi connectivity index (χ1) is 9.93. The maximum atomic E-state index is 11.6. The molecule has 0 heterocycles. The van der Waals surface area contributed by atoms with Crippen molar-refractivity contribution in [2.45, 2.75) is 19.9 Å². The minimum absolute atomic E-state index is 0. The van der Waals surface area contributed by atoms with Crippen molar-refractivity contribution in [3.63, 3.8) is 0 Å². The van der Waals surface area contributed by atoms with Gasteiger partial charge < -0.3 is 15.5 Å². The molecule has 2 N–H and O–H groups in total. The molecule has 0 aromatic heterocycles. The van der Waals surface area contributed by atoms with Gasteiger partial charge in [-0.05, 0) is 31.5 Å². The minimum atomic E-state index is -0.0358. The molecule has 0 saturated carbocycles. The summed E-state index contributed by atoms with van der Waals surface area (Å²) in [7, 11) is 3.43. The molecule has 0 aliphatic carbocycles. The van der Waals surface area contributed by atoms with Crippen molar-refractivity contribution >= 4 is 47.4 Å². The van der Waals surface area contributed by atoms with Gasteiger partial charge in [-0.15, -0.1) is 24.0 Å². The Bertz CT molecular complexity index is 491. The second-order valence-electron chi connectivity index (χ2n) is 4.90. The predicted octanol–water partition coefficient (Wildman–Crippen LogP) is 2.66. The third-order valence-corrected chi connectivity index (χ3v) is 3.19. The SMILES string of the molecule is CCNC(=NCC(=O)N(C)C)NC(C)c1ccc(Cl)cc1.I. The summed E-state index contributed by atoms with van der Waals surface area (Å²) in [6.07, 6.45) is 0. The molecule has 0 saturated heterocycles. The van der Waals surface area contributed by atoms with Crippen LogP contribution in [0, 0.1) is 0 Å². The highest BCUT2D eigenvalue weighted by Gasteiger charge is 2.09. The van der Waals surface area contributed by atoms with E-state index in [1.54, 1.807) is 14.1 Å². The van der Waals surface area contributed by atoms with E-state index in [9.17, 15) is 4.79 Å². The minimum Gasteiger partial charge on any atom is -0.357 e. The lowest BCUT2D eigenvalue weighted by molar-refractivity contribution is -0.127. The van der Waals surface area contributed by atoms with Crippen LogP contribution in [0.1, 0.15) is 25.5 Å². The molecule has 1 unspecified atom stereocenters. The zero-order chi connectivity index (χ0) is 15.8. The van der Waals surface area contributed by atoms with E-state index >= 15 is 0 Å². The largest absolute Gasteiger partial charge is 0.357 e. The number of carbonyl (C=O) groups excluding carboxylic acids is 1. The van der Waals surface area contributed by atoms with Crippen molar-refractivity contribution < 1.29 is 4.79 Å². The van der Waals surface area contributed by atoms with Crippen LogP contribution in [0.4, 0.5) is 0 Å². The number of carbonyl (C=O) groups is 1. The molecule has 1 atom stereocenters. The summed E-state index contributed by atoms with van der Waals surface area (Å²) in [6.45, 7) is 4.87. The van der Waals surface area contributed by atoms with Gasteiger partial charge in [-0.25, -0.2) is 4.99 Å². The Morgan fingerprint density at radius 2 is 1.91 bits per heavy atom. The fourth-order valence-corrected chi connectivity index (χ4v) is 1.77. The summed E-state index contributed by atoms with van der Waals surface area (Å²) < 4.78 is 0. The van der Waals surface area contributed by atoms with Crippen molar-refractivity contribution in [2.24, 2.45) is 4.99 Å². The molecule has 0 aliphatic rings. The van der Waals surface area contributed by atoms with E-state index in [1.807, 2.05) is 38.1 Å². The van der Waals surface area contributed by atoms with E-state index in [4.69, 9.17) is 11.6 Å². The molecule has 7 heteroatoms. The number of guanidine groups is 1. The van der Waals surface area contributed by atoms with Gasteiger partial charge >= 0.3 is 0 Å². The Morgan fingerprint density at radius 1 is 1.32 bits per heavy atom. The number of aliphatic imine (C=N–C) groups is 1. The molecule has 0 aliphatic heterocycles. The molecule has 1 aromatic carbocycles. The number of amides is 1. The average Bonchev–Trinajstić information content (AvgIpc) is 2.45. The van der Waals surface area contributed by atoms with Crippen LogP contribution in [-0.2, 0) is 4.79 Å². The predicted molar refractivity (Wildman–Crippen MR) is 103 cm³/mol. The Balaban J connectivity index is 0.00000441. The normalized spacial score (nSPS) is 12.1. The van der Waals surface area contributed by atoms with E-state index in [2.05, 4.69) is 15.6 Å². The molecule has 1 rings (SSSR count). The molecule has 0 fully saturated rings. The third kappa shape index (κ3) is 7.31. The highest BCUT2D eigenvalue weighted by molar-refractivity contribution is 14.0. The monoisotopic (exact) mass is 438 g/mol. The van der Waals surface area contributed by atoms with E-state index in [1.165, 1.54) is 4.90 Å². The van der Waals surface area contributed by atoms with Gasteiger partial charge in [-0.3, -0.25) is 4.79 Å². The highest BCUT2D eigenvalue weighted by atomic mass is 127. The number of halogens is 2. The van der Waals surface area contributed by atoms with Crippen molar-refractivity contribution in [2.75, 3.05) is 27.2 Å². The van der Waals surface area contributed by atoms with Gasteiger partial charge in [0.1, 0.15) is 6.54 Å². The Morgan fingerprint density at radius 3 is 2.41 bits per heavy atom. The van der Waals surface area contributed by atoms with Gasteiger partial charge in [0.2, 0.25) is 5.91 Å². The van der Waals surface area contributed by atoms with E-state index in [0.29, 0.717) is 11.0 Å². The summed E-state index contributed by atoms with van der Waals surface area (Å²) in [5.74, 6) is 0.585. The standard InChI is InChI=1S/C15H23ClN4O.HI/c1-5-17-15(18-10-14(21)20(3)4)19-11(2)12-6-8-13(16)9-7-12;/h6-9,11H,5,10H2,1-4H3,(H2,17,18,19);1H. The lowest BCUT2D eigenvalue weighted by Crippen LogP contribution is -2.39. The lowest BCUT2D eigenvalue weighted by Gasteiger charge is -2.18. The second kappa shape index (κ2) is 10.7. The van der Waals surface area contributed by atoms with E-state index < -0.39 is 0 Å². The number of hydrogen-bond donors (Lipinski definition) is 2. The molecule has 0 bridgehead atoms. The summed E-state index contributed by atoms with van der Waals surface area (Å²) >= 11 is 5.89. The number of likely N-dealkylation sites (N-methyl/N-ethyl adjacent to an activating group) is 1. The average molecular weight is 439 g/mol. The number of nitrogens with one attached hydrogen (secondary N) is 2. The van der Waals surface area contributed by atoms with Gasteiger partial charge in [0.05, 0.1) is 6.04 Å².